The predicted molar refractivity (Wildman–Crippen MR) is 122 cm³/mol. The van der Waals surface area contributed by atoms with Gasteiger partial charge in [-0.15, -0.1) is 0 Å². The molecule has 1 aliphatic rings. The number of anilines is 1. The minimum absolute atomic E-state index is 0.0328. The summed E-state index contributed by atoms with van der Waals surface area (Å²) in [5.74, 6) is -0.330. The highest BCUT2D eigenvalue weighted by Gasteiger charge is 2.30. The van der Waals surface area contributed by atoms with Crippen LogP contribution in [0.5, 0.6) is 0 Å². The third-order valence-electron chi connectivity index (χ3n) is 5.35. The number of carbonyl (C=O) groups is 2. The van der Waals surface area contributed by atoms with Gasteiger partial charge < -0.3 is 10.2 Å². The molecule has 0 radical (unpaired) electrons. The van der Waals surface area contributed by atoms with E-state index in [1.54, 1.807) is 48.2 Å². The summed E-state index contributed by atoms with van der Waals surface area (Å²) in [6, 6.07) is 13.2. The van der Waals surface area contributed by atoms with Gasteiger partial charge in [-0.2, -0.15) is 5.48 Å². The Morgan fingerprint density at radius 3 is 2.28 bits per heavy atom. The van der Waals surface area contributed by atoms with Crippen LogP contribution in [0.4, 0.5) is 5.69 Å². The molecule has 8 nitrogen and oxygen atoms in total. The molecule has 9 heteroatoms. The Morgan fingerprint density at radius 2 is 1.75 bits per heavy atom. The van der Waals surface area contributed by atoms with Gasteiger partial charge in [0.1, 0.15) is 0 Å². The average Bonchev–Trinajstić information content (AvgIpc) is 3.20. The molecule has 0 saturated carbocycles. The fraction of sp³-hybridized carbons (Fsp3) is 0.391. The number of hydroxylamine groups is 1. The number of nitrogens with one attached hydrogen (secondary N) is 2. The van der Waals surface area contributed by atoms with Crippen molar-refractivity contribution in [2.45, 2.75) is 50.8 Å². The van der Waals surface area contributed by atoms with E-state index in [9.17, 15) is 18.0 Å². The lowest BCUT2D eigenvalue weighted by atomic mass is 10.1. The Balaban J connectivity index is 1.59. The molecule has 2 atom stereocenters. The van der Waals surface area contributed by atoms with Crippen molar-refractivity contribution in [1.82, 2.24) is 10.4 Å². The lowest BCUT2D eigenvalue weighted by Gasteiger charge is -2.26. The highest BCUT2D eigenvalue weighted by atomic mass is 32.2. The Morgan fingerprint density at radius 1 is 1.09 bits per heavy atom. The molecule has 1 fully saturated rings. The smallest absolute Gasteiger partial charge is 0.255 e. The zero-order chi connectivity index (χ0) is 23.3. The van der Waals surface area contributed by atoms with E-state index in [-0.39, 0.29) is 41.2 Å². The molecule has 2 aromatic rings. The first-order valence-electron chi connectivity index (χ1n) is 10.7. The van der Waals surface area contributed by atoms with Crippen LogP contribution in [0.15, 0.2) is 53.4 Å². The maximum absolute atomic E-state index is 12.9. The van der Waals surface area contributed by atoms with Crippen LogP contribution in [-0.4, -0.2) is 49.7 Å². The Kier molecular flexibility index (Phi) is 7.65. The van der Waals surface area contributed by atoms with Gasteiger partial charge in [-0.1, -0.05) is 19.1 Å². The summed E-state index contributed by atoms with van der Waals surface area (Å²) in [7, 11) is -3.26. The lowest BCUT2D eigenvalue weighted by Crippen LogP contribution is -2.40. The highest BCUT2D eigenvalue weighted by molar-refractivity contribution is 7.91. The summed E-state index contributed by atoms with van der Waals surface area (Å²) in [6.07, 6.45) is 0.528. The number of hydrogen-bond donors (Lipinski definition) is 2. The van der Waals surface area contributed by atoms with Gasteiger partial charge in [0.2, 0.25) is 5.91 Å². The predicted octanol–water partition coefficient (Wildman–Crippen LogP) is 2.76. The van der Waals surface area contributed by atoms with Crippen molar-refractivity contribution in [3.8, 4) is 0 Å². The molecule has 1 aliphatic heterocycles. The first-order valence-corrected chi connectivity index (χ1v) is 12.3. The van der Waals surface area contributed by atoms with Gasteiger partial charge in [0.25, 0.3) is 5.91 Å². The highest BCUT2D eigenvalue weighted by Crippen LogP contribution is 2.19. The number of nitrogens with zero attached hydrogens (tertiary/aromatic N) is 1. The normalized spacial score (nSPS) is 18.3. The lowest BCUT2D eigenvalue weighted by molar-refractivity contribution is -0.115. The largest absolute Gasteiger partial charge is 0.326 e. The first-order chi connectivity index (χ1) is 15.2. The maximum atomic E-state index is 12.9. The minimum atomic E-state index is -3.26. The maximum Gasteiger partial charge on any atom is 0.255 e. The zero-order valence-corrected chi connectivity index (χ0v) is 19.3. The van der Waals surface area contributed by atoms with E-state index in [4.69, 9.17) is 4.84 Å². The fourth-order valence-corrected chi connectivity index (χ4v) is 4.38. The molecule has 32 heavy (non-hydrogen) atoms. The Labute approximate surface area is 188 Å². The topological polar surface area (TPSA) is 105 Å². The van der Waals surface area contributed by atoms with Gasteiger partial charge in [-0.25, -0.2) is 8.42 Å². The van der Waals surface area contributed by atoms with Gasteiger partial charge in [-0.3, -0.25) is 14.4 Å². The third kappa shape index (κ3) is 5.73. The Hall–Kier alpha value is -2.75. The van der Waals surface area contributed by atoms with Crippen molar-refractivity contribution >= 4 is 27.3 Å². The number of carbonyl (C=O) groups excluding carboxylic acids is 2. The molecule has 3 rings (SSSR count). The molecule has 0 bridgehead atoms. The van der Waals surface area contributed by atoms with E-state index < -0.39 is 9.84 Å². The monoisotopic (exact) mass is 459 g/mol. The zero-order valence-electron chi connectivity index (χ0n) is 18.5. The molecular formula is C23H29N3O5S. The van der Waals surface area contributed by atoms with Crippen molar-refractivity contribution in [2.24, 2.45) is 0 Å². The fourth-order valence-electron chi connectivity index (χ4n) is 3.50. The average molecular weight is 460 g/mol. The van der Waals surface area contributed by atoms with Crippen LogP contribution < -0.4 is 10.8 Å². The minimum Gasteiger partial charge on any atom is -0.326 e. The first kappa shape index (κ1) is 23.9. The van der Waals surface area contributed by atoms with Crippen LogP contribution in [0.3, 0.4) is 0 Å². The number of benzene rings is 2. The SMILES string of the molecule is CCN(C(=O)c1ccc(NC(=O)Cc2ccc(S(=O)(=O)CC)cc2)cc1)C1CC(C)NO1. The summed E-state index contributed by atoms with van der Waals surface area (Å²) in [6.45, 7) is 6.02. The molecule has 1 saturated heterocycles. The summed E-state index contributed by atoms with van der Waals surface area (Å²) in [5, 5.41) is 2.80. The van der Waals surface area contributed by atoms with E-state index in [0.29, 0.717) is 23.4 Å². The van der Waals surface area contributed by atoms with E-state index in [0.717, 1.165) is 6.42 Å². The van der Waals surface area contributed by atoms with Crippen LogP contribution in [0.2, 0.25) is 0 Å². The van der Waals surface area contributed by atoms with Crippen molar-refractivity contribution in [2.75, 3.05) is 17.6 Å². The summed E-state index contributed by atoms with van der Waals surface area (Å²) < 4.78 is 23.8. The molecule has 172 valence electrons. The molecule has 1 heterocycles. The van der Waals surface area contributed by atoms with Crippen LogP contribution in [-0.2, 0) is 25.9 Å². The van der Waals surface area contributed by atoms with E-state index in [1.807, 2.05) is 13.8 Å². The standard InChI is InChI=1S/C23H29N3O5S/c1-4-26(22-14-16(3)25-31-22)23(28)18-8-10-19(11-9-18)24-21(27)15-17-6-12-20(13-7-17)32(29,30)5-2/h6-13,16,22,25H,4-5,14-15H2,1-3H3,(H,24,27). The summed E-state index contributed by atoms with van der Waals surface area (Å²) in [5.41, 5.74) is 4.68. The molecule has 2 N–H and O–H groups in total. The second-order valence-corrected chi connectivity index (χ2v) is 10.0. The van der Waals surface area contributed by atoms with E-state index in [1.165, 1.54) is 12.1 Å². The molecule has 0 spiro atoms. The van der Waals surface area contributed by atoms with Crippen LogP contribution >= 0.6 is 0 Å². The van der Waals surface area contributed by atoms with Gasteiger partial charge in [0.05, 0.1) is 17.1 Å². The van der Waals surface area contributed by atoms with Crippen LogP contribution in [0, 0.1) is 0 Å². The number of rotatable bonds is 8. The molecule has 0 aliphatic carbocycles. The quantitative estimate of drug-likeness (QED) is 0.629. The molecule has 2 aromatic carbocycles. The molecule has 2 unspecified atom stereocenters. The summed E-state index contributed by atoms with van der Waals surface area (Å²) in [4.78, 5) is 32.6. The third-order valence-corrected chi connectivity index (χ3v) is 7.10. The van der Waals surface area contributed by atoms with Gasteiger partial charge in [0.15, 0.2) is 16.1 Å². The molecular weight excluding hydrogens is 430 g/mol. The Bertz CT molecular complexity index is 1050. The van der Waals surface area contributed by atoms with Gasteiger partial charge >= 0.3 is 0 Å². The van der Waals surface area contributed by atoms with Gasteiger partial charge in [-0.05, 0) is 55.8 Å². The van der Waals surface area contributed by atoms with E-state index in [2.05, 4.69) is 10.8 Å². The van der Waals surface area contributed by atoms with Crippen LogP contribution in [0.1, 0.15) is 43.1 Å². The summed E-state index contributed by atoms with van der Waals surface area (Å²) >= 11 is 0. The van der Waals surface area contributed by atoms with Crippen molar-refractivity contribution in [1.29, 1.82) is 0 Å². The van der Waals surface area contributed by atoms with Crippen molar-refractivity contribution in [3.63, 3.8) is 0 Å². The van der Waals surface area contributed by atoms with E-state index >= 15 is 0 Å². The number of amides is 2. The molecule has 2 amide bonds. The van der Waals surface area contributed by atoms with Crippen molar-refractivity contribution in [3.05, 3.63) is 59.7 Å². The second-order valence-electron chi connectivity index (χ2n) is 7.77. The van der Waals surface area contributed by atoms with Gasteiger partial charge in [0, 0.05) is 30.3 Å². The second kappa shape index (κ2) is 10.2. The number of sulfone groups is 1. The van der Waals surface area contributed by atoms with Crippen molar-refractivity contribution < 1.29 is 22.8 Å². The molecule has 0 aromatic heterocycles. The number of hydrogen-bond acceptors (Lipinski definition) is 6. The van der Waals surface area contributed by atoms with Crippen LogP contribution in [0.25, 0.3) is 0 Å².